The van der Waals surface area contributed by atoms with Crippen molar-refractivity contribution < 1.29 is 9.53 Å². The summed E-state index contributed by atoms with van der Waals surface area (Å²) < 4.78 is 5.67. The second kappa shape index (κ2) is 7.69. The van der Waals surface area contributed by atoms with E-state index in [-0.39, 0.29) is 12.1 Å². The second-order valence-corrected chi connectivity index (χ2v) is 5.52. The van der Waals surface area contributed by atoms with Gasteiger partial charge >= 0.3 is 6.03 Å². The molecule has 6 nitrogen and oxygen atoms in total. The van der Waals surface area contributed by atoms with Crippen LogP contribution in [0.1, 0.15) is 18.4 Å². The van der Waals surface area contributed by atoms with E-state index in [1.54, 1.807) is 29.6 Å². The first-order valence-electron chi connectivity index (χ1n) is 7.79. The van der Waals surface area contributed by atoms with Gasteiger partial charge in [0.15, 0.2) is 0 Å². The van der Waals surface area contributed by atoms with Gasteiger partial charge < -0.3 is 9.64 Å². The monoisotopic (exact) mass is 312 g/mol. The average molecular weight is 312 g/mol. The summed E-state index contributed by atoms with van der Waals surface area (Å²) in [5.74, 6) is 0.546. The fourth-order valence-electron chi connectivity index (χ4n) is 2.59. The minimum absolute atomic E-state index is 0.103. The summed E-state index contributed by atoms with van der Waals surface area (Å²) in [7, 11) is 0. The molecule has 1 aliphatic heterocycles. The van der Waals surface area contributed by atoms with E-state index in [1.165, 1.54) is 0 Å². The Balaban J connectivity index is 1.69. The normalized spacial score (nSPS) is 17.0. The molecule has 1 N–H and O–H groups in total. The van der Waals surface area contributed by atoms with Crippen LogP contribution in [0, 0.1) is 0 Å². The summed E-state index contributed by atoms with van der Waals surface area (Å²) >= 11 is 0. The highest BCUT2D eigenvalue weighted by atomic mass is 16.5. The van der Waals surface area contributed by atoms with E-state index in [4.69, 9.17) is 4.74 Å². The summed E-state index contributed by atoms with van der Waals surface area (Å²) in [5, 5.41) is 2.84. The van der Waals surface area contributed by atoms with Crippen LogP contribution >= 0.6 is 0 Å². The number of nitrogens with zero attached hydrogens (tertiary/aromatic N) is 3. The topological polar surface area (TPSA) is 67.4 Å². The molecule has 0 aliphatic carbocycles. The van der Waals surface area contributed by atoms with Crippen LogP contribution in [0.5, 0.6) is 0 Å². The van der Waals surface area contributed by atoms with Crippen molar-refractivity contribution in [2.24, 2.45) is 0 Å². The summed E-state index contributed by atoms with van der Waals surface area (Å²) in [6, 6.07) is 9.09. The molecule has 1 atom stereocenters. The van der Waals surface area contributed by atoms with Gasteiger partial charge in [-0.25, -0.2) is 9.78 Å². The number of anilines is 1. The number of hydrogen-bond donors (Lipinski definition) is 1. The third-order valence-electron chi connectivity index (χ3n) is 3.76. The number of hydrogen-bond acceptors (Lipinski definition) is 4. The van der Waals surface area contributed by atoms with Gasteiger partial charge in [0.25, 0.3) is 0 Å². The molecule has 0 spiro atoms. The number of pyridine rings is 2. The van der Waals surface area contributed by atoms with Gasteiger partial charge in [0, 0.05) is 38.3 Å². The van der Waals surface area contributed by atoms with Gasteiger partial charge in [0.05, 0.1) is 6.10 Å². The standard InChI is InChI=1S/C17H20N4O2/c22-17(20-16-5-1-2-8-19-16)21(13-15-4-3-11-23-15)12-14-6-9-18-10-7-14/h1-2,5-10,15H,3-4,11-13H2,(H,19,20,22). The maximum absolute atomic E-state index is 12.6. The highest BCUT2D eigenvalue weighted by Crippen LogP contribution is 2.16. The number of carbonyl (C=O) groups excluding carboxylic acids is 1. The van der Waals surface area contributed by atoms with Crippen LogP contribution < -0.4 is 5.32 Å². The maximum atomic E-state index is 12.6. The smallest absolute Gasteiger partial charge is 0.323 e. The molecular formula is C17H20N4O2. The molecule has 6 heteroatoms. The van der Waals surface area contributed by atoms with E-state index >= 15 is 0 Å². The van der Waals surface area contributed by atoms with Crippen LogP contribution in [0.25, 0.3) is 0 Å². The molecule has 0 saturated carbocycles. The van der Waals surface area contributed by atoms with Crippen molar-refractivity contribution in [3.05, 3.63) is 54.5 Å². The molecule has 3 rings (SSSR count). The number of carbonyl (C=O) groups is 1. The molecule has 0 aromatic carbocycles. The minimum Gasteiger partial charge on any atom is -0.376 e. The molecular weight excluding hydrogens is 292 g/mol. The number of nitrogens with one attached hydrogen (secondary N) is 1. The summed E-state index contributed by atoms with van der Waals surface area (Å²) in [5.41, 5.74) is 1.04. The molecule has 0 bridgehead atoms. The number of aromatic nitrogens is 2. The summed E-state index contributed by atoms with van der Waals surface area (Å²) in [4.78, 5) is 22.5. The first-order valence-corrected chi connectivity index (χ1v) is 7.79. The molecule has 1 saturated heterocycles. The first-order chi connectivity index (χ1) is 11.3. The largest absolute Gasteiger partial charge is 0.376 e. The number of urea groups is 1. The molecule has 1 aliphatic rings. The van der Waals surface area contributed by atoms with Crippen molar-refractivity contribution in [1.82, 2.24) is 14.9 Å². The van der Waals surface area contributed by atoms with Crippen LogP contribution in [0.15, 0.2) is 48.9 Å². The van der Waals surface area contributed by atoms with E-state index in [0.29, 0.717) is 18.9 Å². The van der Waals surface area contributed by atoms with Crippen LogP contribution in [-0.4, -0.2) is 40.2 Å². The molecule has 120 valence electrons. The maximum Gasteiger partial charge on any atom is 0.323 e. The average Bonchev–Trinajstić information content (AvgIpc) is 3.09. The Morgan fingerprint density at radius 3 is 2.83 bits per heavy atom. The van der Waals surface area contributed by atoms with Gasteiger partial charge in [-0.3, -0.25) is 10.3 Å². The van der Waals surface area contributed by atoms with Crippen LogP contribution in [0.3, 0.4) is 0 Å². The van der Waals surface area contributed by atoms with Gasteiger partial charge in [-0.05, 0) is 42.7 Å². The Labute approximate surface area is 135 Å². The molecule has 1 fully saturated rings. The predicted molar refractivity (Wildman–Crippen MR) is 86.9 cm³/mol. The fraction of sp³-hybridized carbons (Fsp3) is 0.353. The van der Waals surface area contributed by atoms with E-state index in [1.807, 2.05) is 24.3 Å². The van der Waals surface area contributed by atoms with Gasteiger partial charge in [-0.15, -0.1) is 0 Å². The lowest BCUT2D eigenvalue weighted by molar-refractivity contribution is 0.0819. The molecule has 2 aromatic heterocycles. The van der Waals surface area contributed by atoms with Gasteiger partial charge in [-0.1, -0.05) is 6.07 Å². The van der Waals surface area contributed by atoms with E-state index in [0.717, 1.165) is 25.0 Å². The molecule has 0 radical (unpaired) electrons. The highest BCUT2D eigenvalue weighted by molar-refractivity contribution is 5.88. The van der Waals surface area contributed by atoms with Crippen molar-refractivity contribution in [3.63, 3.8) is 0 Å². The van der Waals surface area contributed by atoms with Crippen LogP contribution in [0.4, 0.5) is 10.6 Å². The van der Waals surface area contributed by atoms with E-state index < -0.39 is 0 Å². The zero-order valence-corrected chi connectivity index (χ0v) is 12.9. The van der Waals surface area contributed by atoms with Crippen LogP contribution in [0.2, 0.25) is 0 Å². The Kier molecular flexibility index (Phi) is 5.16. The van der Waals surface area contributed by atoms with Crippen molar-refractivity contribution >= 4 is 11.8 Å². The predicted octanol–water partition coefficient (Wildman–Crippen LogP) is 2.69. The van der Waals surface area contributed by atoms with E-state index in [9.17, 15) is 4.79 Å². The first kappa shape index (κ1) is 15.4. The van der Waals surface area contributed by atoms with Crippen molar-refractivity contribution in [2.75, 3.05) is 18.5 Å². The van der Waals surface area contributed by atoms with Crippen molar-refractivity contribution in [3.8, 4) is 0 Å². The van der Waals surface area contributed by atoms with Gasteiger partial charge in [0.1, 0.15) is 5.82 Å². The zero-order valence-electron chi connectivity index (χ0n) is 12.9. The van der Waals surface area contributed by atoms with Crippen molar-refractivity contribution in [1.29, 1.82) is 0 Å². The van der Waals surface area contributed by atoms with Gasteiger partial charge in [-0.2, -0.15) is 0 Å². The quantitative estimate of drug-likeness (QED) is 0.921. The molecule has 1 unspecified atom stereocenters. The Morgan fingerprint density at radius 1 is 1.26 bits per heavy atom. The zero-order chi connectivity index (χ0) is 15.9. The van der Waals surface area contributed by atoms with E-state index in [2.05, 4.69) is 15.3 Å². The minimum atomic E-state index is -0.170. The summed E-state index contributed by atoms with van der Waals surface area (Å²) in [6.45, 7) is 1.86. The number of rotatable bonds is 5. The molecule has 2 aromatic rings. The van der Waals surface area contributed by atoms with Gasteiger partial charge in [0.2, 0.25) is 0 Å². The third kappa shape index (κ3) is 4.50. The number of ether oxygens (including phenoxy) is 1. The lowest BCUT2D eigenvalue weighted by Gasteiger charge is -2.25. The number of amides is 2. The Morgan fingerprint density at radius 2 is 2.13 bits per heavy atom. The van der Waals surface area contributed by atoms with Crippen LogP contribution in [-0.2, 0) is 11.3 Å². The lowest BCUT2D eigenvalue weighted by Crippen LogP contribution is -2.39. The second-order valence-electron chi connectivity index (χ2n) is 5.52. The molecule has 3 heterocycles. The molecule has 2 amide bonds. The van der Waals surface area contributed by atoms with Crippen molar-refractivity contribution in [2.45, 2.75) is 25.5 Å². The fourth-order valence-corrected chi connectivity index (χ4v) is 2.59. The third-order valence-corrected chi connectivity index (χ3v) is 3.76. The Hall–Kier alpha value is -2.47. The SMILES string of the molecule is O=C(Nc1ccccn1)N(Cc1ccncc1)CC1CCCO1. The highest BCUT2D eigenvalue weighted by Gasteiger charge is 2.23. The lowest BCUT2D eigenvalue weighted by atomic mass is 10.2. The molecule has 23 heavy (non-hydrogen) atoms. The summed E-state index contributed by atoms with van der Waals surface area (Å²) in [6.07, 6.45) is 7.26. The Bertz CT molecular complexity index is 615.